The molecule has 1 rings (SSSR count). The number of hydrogen-bond donors (Lipinski definition) is 1. The number of sulfonamides is 1. The van der Waals surface area contributed by atoms with Gasteiger partial charge in [0.15, 0.2) is 0 Å². The summed E-state index contributed by atoms with van der Waals surface area (Å²) in [5, 5.41) is 8.95. The third kappa shape index (κ3) is 3.42. The van der Waals surface area contributed by atoms with E-state index in [2.05, 4.69) is 0 Å². The number of carboxylic acid groups (broad SMARTS) is 1. The van der Waals surface area contributed by atoms with Gasteiger partial charge >= 0.3 is 5.97 Å². The van der Waals surface area contributed by atoms with Crippen molar-refractivity contribution in [2.75, 3.05) is 32.9 Å². The SMILES string of the molecule is C[C@@H]1CN(C(=O)CN(C)S(C)(=O)=O)C[C@H]1C(=O)O. The van der Waals surface area contributed by atoms with Gasteiger partial charge in [0.1, 0.15) is 0 Å². The first-order chi connectivity index (χ1) is 8.12. The largest absolute Gasteiger partial charge is 0.481 e. The number of aliphatic carboxylic acids is 1. The highest BCUT2D eigenvalue weighted by molar-refractivity contribution is 7.88. The fourth-order valence-corrected chi connectivity index (χ4v) is 2.24. The van der Waals surface area contributed by atoms with Gasteiger partial charge in [0.25, 0.3) is 0 Å². The number of hydrogen-bond acceptors (Lipinski definition) is 4. The Hall–Kier alpha value is -1.15. The van der Waals surface area contributed by atoms with Crippen molar-refractivity contribution in [2.45, 2.75) is 6.92 Å². The predicted molar refractivity (Wildman–Crippen MR) is 64.3 cm³/mol. The van der Waals surface area contributed by atoms with Crippen molar-refractivity contribution in [3.05, 3.63) is 0 Å². The molecule has 1 aliphatic heterocycles. The van der Waals surface area contributed by atoms with Crippen molar-refractivity contribution < 1.29 is 23.1 Å². The molecule has 7 nitrogen and oxygen atoms in total. The lowest BCUT2D eigenvalue weighted by Gasteiger charge is -2.20. The number of likely N-dealkylation sites (tertiary alicyclic amines) is 1. The van der Waals surface area contributed by atoms with E-state index >= 15 is 0 Å². The monoisotopic (exact) mass is 278 g/mol. The van der Waals surface area contributed by atoms with Crippen LogP contribution in [-0.2, 0) is 19.6 Å². The molecule has 0 bridgehead atoms. The zero-order chi connectivity index (χ0) is 14.1. The second-order valence-corrected chi connectivity index (χ2v) is 6.83. The molecule has 0 radical (unpaired) electrons. The van der Waals surface area contributed by atoms with Crippen LogP contribution in [0.3, 0.4) is 0 Å². The third-order valence-corrected chi connectivity index (χ3v) is 4.47. The van der Waals surface area contributed by atoms with E-state index in [1.165, 1.54) is 11.9 Å². The molecule has 1 N–H and O–H groups in total. The van der Waals surface area contributed by atoms with Crippen molar-refractivity contribution in [3.63, 3.8) is 0 Å². The summed E-state index contributed by atoms with van der Waals surface area (Å²) in [6, 6.07) is 0. The summed E-state index contributed by atoms with van der Waals surface area (Å²) >= 11 is 0. The Kier molecular flexibility index (Phi) is 4.33. The number of nitrogens with zero attached hydrogens (tertiary/aromatic N) is 2. The van der Waals surface area contributed by atoms with Gasteiger partial charge in [0, 0.05) is 20.1 Å². The molecule has 104 valence electrons. The van der Waals surface area contributed by atoms with Crippen molar-refractivity contribution in [1.82, 2.24) is 9.21 Å². The van der Waals surface area contributed by atoms with E-state index in [4.69, 9.17) is 5.11 Å². The van der Waals surface area contributed by atoms with Gasteiger partial charge in [-0.1, -0.05) is 6.92 Å². The number of amides is 1. The Balaban J connectivity index is 2.63. The van der Waals surface area contributed by atoms with E-state index in [1.54, 1.807) is 6.92 Å². The fraction of sp³-hybridized carbons (Fsp3) is 0.800. The molecule has 0 aromatic carbocycles. The average molecular weight is 278 g/mol. The number of carbonyl (C=O) groups is 2. The molecule has 1 saturated heterocycles. The summed E-state index contributed by atoms with van der Waals surface area (Å²) in [6.45, 7) is 2.02. The van der Waals surface area contributed by atoms with Crippen molar-refractivity contribution >= 4 is 21.9 Å². The zero-order valence-corrected chi connectivity index (χ0v) is 11.5. The Morgan fingerprint density at radius 3 is 2.33 bits per heavy atom. The summed E-state index contributed by atoms with van der Waals surface area (Å²) in [6.07, 6.45) is 1.02. The molecule has 1 fully saturated rings. The summed E-state index contributed by atoms with van der Waals surface area (Å²) in [7, 11) is -2.08. The molecule has 1 heterocycles. The van der Waals surface area contributed by atoms with E-state index in [-0.39, 0.29) is 24.9 Å². The van der Waals surface area contributed by atoms with Crippen molar-refractivity contribution in [3.8, 4) is 0 Å². The van der Waals surface area contributed by atoms with E-state index < -0.39 is 21.9 Å². The lowest BCUT2D eigenvalue weighted by atomic mass is 9.99. The first kappa shape index (κ1) is 14.9. The number of rotatable bonds is 4. The molecule has 0 saturated carbocycles. The van der Waals surface area contributed by atoms with Crippen LogP contribution in [0.15, 0.2) is 0 Å². The Bertz CT molecular complexity index is 447. The molecular formula is C10H18N2O5S. The van der Waals surface area contributed by atoms with Gasteiger partial charge in [-0.2, -0.15) is 4.31 Å². The van der Waals surface area contributed by atoms with Crippen molar-refractivity contribution in [2.24, 2.45) is 11.8 Å². The topological polar surface area (TPSA) is 95.0 Å². The second-order valence-electron chi connectivity index (χ2n) is 4.74. The molecule has 0 unspecified atom stereocenters. The van der Waals surface area contributed by atoms with Gasteiger partial charge < -0.3 is 10.0 Å². The maximum atomic E-state index is 11.8. The Morgan fingerprint density at radius 1 is 1.39 bits per heavy atom. The van der Waals surface area contributed by atoms with Crippen LogP contribution in [0.1, 0.15) is 6.92 Å². The first-order valence-electron chi connectivity index (χ1n) is 5.54. The summed E-state index contributed by atoms with van der Waals surface area (Å²) in [5.41, 5.74) is 0. The Labute approximate surface area is 106 Å². The minimum Gasteiger partial charge on any atom is -0.481 e. The lowest BCUT2D eigenvalue weighted by Crippen LogP contribution is -2.40. The van der Waals surface area contributed by atoms with Crippen LogP contribution in [0.25, 0.3) is 0 Å². The molecule has 18 heavy (non-hydrogen) atoms. The van der Waals surface area contributed by atoms with Gasteiger partial charge in [-0.3, -0.25) is 9.59 Å². The van der Waals surface area contributed by atoms with Gasteiger partial charge in [-0.25, -0.2) is 8.42 Å². The summed E-state index contributed by atoms with van der Waals surface area (Å²) in [4.78, 5) is 24.2. The maximum Gasteiger partial charge on any atom is 0.308 e. The summed E-state index contributed by atoms with van der Waals surface area (Å²) < 4.78 is 23.3. The zero-order valence-electron chi connectivity index (χ0n) is 10.7. The molecule has 0 aromatic heterocycles. The number of carbonyl (C=O) groups excluding carboxylic acids is 1. The van der Waals surface area contributed by atoms with Crippen LogP contribution >= 0.6 is 0 Å². The Morgan fingerprint density at radius 2 is 1.94 bits per heavy atom. The van der Waals surface area contributed by atoms with Crippen LogP contribution in [0.4, 0.5) is 0 Å². The van der Waals surface area contributed by atoms with E-state index in [0.29, 0.717) is 6.54 Å². The molecule has 0 aromatic rings. The fourth-order valence-electron chi connectivity index (χ4n) is 1.90. The molecular weight excluding hydrogens is 260 g/mol. The molecule has 1 amide bonds. The summed E-state index contributed by atoms with van der Waals surface area (Å²) in [5.74, 6) is -1.97. The minimum absolute atomic E-state index is 0.116. The van der Waals surface area contributed by atoms with Gasteiger partial charge in [-0.05, 0) is 5.92 Å². The lowest BCUT2D eigenvalue weighted by molar-refractivity contribution is -0.142. The van der Waals surface area contributed by atoms with Crippen molar-refractivity contribution in [1.29, 1.82) is 0 Å². The standard InChI is InChI=1S/C10H18N2O5S/c1-7-4-12(5-8(7)10(14)15)9(13)6-11(2)18(3,16)17/h7-8H,4-6H2,1-3H3,(H,14,15)/t7-,8-/m1/s1. The van der Waals surface area contributed by atoms with Gasteiger partial charge in [0.05, 0.1) is 18.7 Å². The highest BCUT2D eigenvalue weighted by Gasteiger charge is 2.37. The average Bonchev–Trinajstić information content (AvgIpc) is 2.58. The number of likely N-dealkylation sites (N-methyl/N-ethyl adjacent to an activating group) is 1. The van der Waals surface area contributed by atoms with Crippen LogP contribution in [0.2, 0.25) is 0 Å². The third-order valence-electron chi connectivity index (χ3n) is 3.21. The quantitative estimate of drug-likeness (QED) is 0.716. The highest BCUT2D eigenvalue weighted by Crippen LogP contribution is 2.23. The molecule has 8 heteroatoms. The number of carboxylic acids is 1. The smallest absolute Gasteiger partial charge is 0.308 e. The minimum atomic E-state index is -3.40. The van der Waals surface area contributed by atoms with Crippen LogP contribution in [-0.4, -0.2) is 67.5 Å². The second kappa shape index (κ2) is 5.23. The molecule has 0 aliphatic carbocycles. The van der Waals surface area contributed by atoms with Gasteiger partial charge in [-0.15, -0.1) is 0 Å². The van der Waals surface area contributed by atoms with Gasteiger partial charge in [0.2, 0.25) is 15.9 Å². The van der Waals surface area contributed by atoms with E-state index in [1.807, 2.05) is 0 Å². The normalized spacial score (nSPS) is 24.6. The van der Waals surface area contributed by atoms with Crippen LogP contribution < -0.4 is 0 Å². The molecule has 1 aliphatic rings. The first-order valence-corrected chi connectivity index (χ1v) is 7.39. The predicted octanol–water partition coefficient (Wildman–Crippen LogP) is -0.943. The maximum absolute atomic E-state index is 11.8. The van der Waals surface area contributed by atoms with Crippen LogP contribution in [0, 0.1) is 11.8 Å². The molecule has 0 spiro atoms. The van der Waals surface area contributed by atoms with E-state index in [0.717, 1.165) is 10.6 Å². The highest BCUT2D eigenvalue weighted by atomic mass is 32.2. The molecule has 2 atom stereocenters. The van der Waals surface area contributed by atoms with E-state index in [9.17, 15) is 18.0 Å². The van der Waals surface area contributed by atoms with Crippen LogP contribution in [0.5, 0.6) is 0 Å².